The fourth-order valence-corrected chi connectivity index (χ4v) is 1.01. The van der Waals surface area contributed by atoms with Crippen molar-refractivity contribution in [3.8, 4) is 0 Å². The molecule has 0 aromatic heterocycles. The summed E-state index contributed by atoms with van der Waals surface area (Å²) in [6, 6.07) is -0.732. The fourth-order valence-electron chi connectivity index (χ4n) is 1.01. The van der Waals surface area contributed by atoms with E-state index < -0.39 is 18.0 Å². The molecule has 0 radical (unpaired) electrons. The summed E-state index contributed by atoms with van der Waals surface area (Å²) in [7, 11) is 1.25. The molecule has 0 rings (SSSR count). The fraction of sp³-hybridized carbons (Fsp3) is 0.778. The van der Waals surface area contributed by atoms with Crippen LogP contribution in [0.3, 0.4) is 0 Å². The first-order valence-corrected chi connectivity index (χ1v) is 4.64. The molecule has 0 aliphatic carbocycles. The van der Waals surface area contributed by atoms with E-state index in [0.29, 0.717) is 6.54 Å². The summed E-state index contributed by atoms with van der Waals surface area (Å²) in [6.07, 6.45) is 1.66. The second-order valence-electron chi connectivity index (χ2n) is 2.98. The summed E-state index contributed by atoms with van der Waals surface area (Å²) in [6.45, 7) is 2.65. The molecule has 5 nitrogen and oxygen atoms in total. The van der Waals surface area contributed by atoms with Gasteiger partial charge < -0.3 is 15.2 Å². The molecule has 1 atom stereocenters. The highest BCUT2D eigenvalue weighted by Crippen LogP contribution is 1.96. The first kappa shape index (κ1) is 16.6. The van der Waals surface area contributed by atoms with Gasteiger partial charge in [-0.3, -0.25) is 9.59 Å². The molecule has 0 aromatic carbocycles. The van der Waals surface area contributed by atoms with Crippen LogP contribution in [0.5, 0.6) is 0 Å². The Morgan fingerprint density at radius 1 is 1.47 bits per heavy atom. The van der Waals surface area contributed by atoms with E-state index in [0.717, 1.165) is 12.8 Å². The highest BCUT2D eigenvalue weighted by molar-refractivity contribution is 5.85. The minimum absolute atomic E-state index is 0. The molecular formula is C9H18ClNO4. The van der Waals surface area contributed by atoms with Gasteiger partial charge in [0.05, 0.1) is 13.5 Å². The highest BCUT2D eigenvalue weighted by Gasteiger charge is 2.21. The summed E-state index contributed by atoms with van der Waals surface area (Å²) in [4.78, 5) is 21.5. The average Bonchev–Trinajstić information content (AvgIpc) is 2.15. The number of carbonyl (C=O) groups is 2. The molecule has 6 heteroatoms. The van der Waals surface area contributed by atoms with Crippen LogP contribution in [0.1, 0.15) is 26.2 Å². The number of hydrogen-bond acceptors (Lipinski definition) is 4. The van der Waals surface area contributed by atoms with Crippen LogP contribution in [0.2, 0.25) is 0 Å². The topological polar surface area (TPSA) is 75.6 Å². The SMILES string of the molecule is CCCCN[C@@H](CC(=O)O)C(=O)OC.Cl. The van der Waals surface area contributed by atoms with E-state index in [1.165, 1.54) is 7.11 Å². The van der Waals surface area contributed by atoms with Gasteiger partial charge in [-0.15, -0.1) is 12.4 Å². The maximum absolute atomic E-state index is 11.1. The van der Waals surface area contributed by atoms with Crippen LogP contribution >= 0.6 is 12.4 Å². The van der Waals surface area contributed by atoms with Gasteiger partial charge in [-0.25, -0.2) is 0 Å². The van der Waals surface area contributed by atoms with Crippen molar-refractivity contribution in [3.05, 3.63) is 0 Å². The van der Waals surface area contributed by atoms with Crippen molar-refractivity contribution in [1.29, 1.82) is 0 Å². The zero-order chi connectivity index (χ0) is 11.0. The van der Waals surface area contributed by atoms with Crippen LogP contribution in [0.25, 0.3) is 0 Å². The predicted octanol–water partition coefficient (Wildman–Crippen LogP) is 0.814. The summed E-state index contributed by atoms with van der Waals surface area (Å²) in [5.41, 5.74) is 0. The second kappa shape index (κ2) is 9.73. The molecule has 0 saturated carbocycles. The lowest BCUT2D eigenvalue weighted by atomic mass is 10.2. The Bertz CT molecular complexity index is 199. The van der Waals surface area contributed by atoms with Gasteiger partial charge in [0.25, 0.3) is 0 Å². The minimum Gasteiger partial charge on any atom is -0.481 e. The van der Waals surface area contributed by atoms with Gasteiger partial charge >= 0.3 is 11.9 Å². The molecule has 0 bridgehead atoms. The maximum Gasteiger partial charge on any atom is 0.323 e. The Labute approximate surface area is 95.6 Å². The molecule has 0 fully saturated rings. The Kier molecular flexibility index (Phi) is 10.8. The molecular weight excluding hydrogens is 222 g/mol. The van der Waals surface area contributed by atoms with Crippen molar-refractivity contribution < 1.29 is 19.4 Å². The third-order valence-corrected chi connectivity index (χ3v) is 1.79. The Morgan fingerprint density at radius 2 is 2.07 bits per heavy atom. The average molecular weight is 240 g/mol. The number of nitrogens with one attached hydrogen (secondary N) is 1. The second-order valence-corrected chi connectivity index (χ2v) is 2.98. The number of carbonyl (C=O) groups excluding carboxylic acids is 1. The first-order chi connectivity index (χ1) is 6.61. The number of ether oxygens (including phenoxy) is 1. The molecule has 0 aliphatic heterocycles. The summed E-state index contributed by atoms with van der Waals surface area (Å²) >= 11 is 0. The van der Waals surface area contributed by atoms with Crippen molar-refractivity contribution in [2.24, 2.45) is 0 Å². The first-order valence-electron chi connectivity index (χ1n) is 4.64. The van der Waals surface area contributed by atoms with Crippen LogP contribution in [0.15, 0.2) is 0 Å². The monoisotopic (exact) mass is 239 g/mol. The number of carboxylic acid groups (broad SMARTS) is 1. The minimum atomic E-state index is -1.01. The number of unbranched alkanes of at least 4 members (excludes halogenated alkanes) is 1. The smallest absolute Gasteiger partial charge is 0.323 e. The normalized spacial score (nSPS) is 11.3. The van der Waals surface area contributed by atoms with E-state index in [-0.39, 0.29) is 18.8 Å². The standard InChI is InChI=1S/C9H17NO4.ClH/c1-3-4-5-10-7(6-8(11)12)9(13)14-2;/h7,10H,3-6H2,1-2H3,(H,11,12);1H/t7-;/m0./s1. The van der Waals surface area contributed by atoms with E-state index in [2.05, 4.69) is 10.1 Å². The highest BCUT2D eigenvalue weighted by atomic mass is 35.5. The number of halogens is 1. The van der Waals surface area contributed by atoms with Crippen LogP contribution in [0, 0.1) is 0 Å². The Morgan fingerprint density at radius 3 is 2.47 bits per heavy atom. The summed E-state index contributed by atoms with van der Waals surface area (Å²) in [5, 5.41) is 11.4. The molecule has 0 amide bonds. The van der Waals surface area contributed by atoms with Gasteiger partial charge in [-0.05, 0) is 13.0 Å². The van der Waals surface area contributed by atoms with Gasteiger partial charge in [-0.2, -0.15) is 0 Å². The number of esters is 1. The number of hydrogen-bond donors (Lipinski definition) is 2. The van der Waals surface area contributed by atoms with E-state index in [1.54, 1.807) is 0 Å². The lowest BCUT2D eigenvalue weighted by Crippen LogP contribution is -2.39. The Hall–Kier alpha value is -0.810. The quantitative estimate of drug-likeness (QED) is 0.508. The van der Waals surface area contributed by atoms with Gasteiger partial charge in [0.2, 0.25) is 0 Å². The zero-order valence-electron chi connectivity index (χ0n) is 8.99. The largest absolute Gasteiger partial charge is 0.481 e. The third-order valence-electron chi connectivity index (χ3n) is 1.79. The molecule has 0 aromatic rings. The molecule has 0 spiro atoms. The van der Waals surface area contributed by atoms with Crippen molar-refractivity contribution in [2.75, 3.05) is 13.7 Å². The number of aliphatic carboxylic acids is 1. The number of methoxy groups -OCH3 is 1. The van der Waals surface area contributed by atoms with Gasteiger partial charge in [0, 0.05) is 0 Å². The van der Waals surface area contributed by atoms with E-state index in [4.69, 9.17) is 5.11 Å². The van der Waals surface area contributed by atoms with Gasteiger partial charge in [0.15, 0.2) is 0 Å². The molecule has 15 heavy (non-hydrogen) atoms. The lowest BCUT2D eigenvalue weighted by Gasteiger charge is -2.13. The van der Waals surface area contributed by atoms with Crippen LogP contribution in [-0.2, 0) is 14.3 Å². The molecule has 0 unspecified atom stereocenters. The lowest BCUT2D eigenvalue weighted by molar-refractivity contribution is -0.148. The molecule has 90 valence electrons. The summed E-state index contributed by atoms with van der Waals surface area (Å²) in [5.74, 6) is -1.53. The van der Waals surface area contributed by atoms with Crippen molar-refractivity contribution >= 4 is 24.3 Å². The number of rotatable bonds is 7. The van der Waals surface area contributed by atoms with Crippen molar-refractivity contribution in [3.63, 3.8) is 0 Å². The van der Waals surface area contributed by atoms with E-state index in [1.807, 2.05) is 6.92 Å². The zero-order valence-corrected chi connectivity index (χ0v) is 9.80. The molecule has 0 aliphatic rings. The predicted molar refractivity (Wildman–Crippen MR) is 58.2 cm³/mol. The van der Waals surface area contributed by atoms with Crippen molar-refractivity contribution in [2.45, 2.75) is 32.2 Å². The van der Waals surface area contributed by atoms with Crippen molar-refractivity contribution in [1.82, 2.24) is 5.32 Å². The van der Waals surface area contributed by atoms with E-state index >= 15 is 0 Å². The number of carboxylic acids is 1. The molecule has 2 N–H and O–H groups in total. The summed E-state index contributed by atoms with van der Waals surface area (Å²) < 4.78 is 4.48. The van der Waals surface area contributed by atoms with Gasteiger partial charge in [0.1, 0.15) is 6.04 Å². The Balaban J connectivity index is 0. The van der Waals surface area contributed by atoms with Crippen LogP contribution in [0.4, 0.5) is 0 Å². The molecule has 0 saturated heterocycles. The van der Waals surface area contributed by atoms with Crippen LogP contribution in [-0.4, -0.2) is 36.7 Å². The van der Waals surface area contributed by atoms with Crippen LogP contribution < -0.4 is 5.32 Å². The van der Waals surface area contributed by atoms with E-state index in [9.17, 15) is 9.59 Å². The molecule has 0 heterocycles. The third kappa shape index (κ3) is 8.20. The maximum atomic E-state index is 11.1. The van der Waals surface area contributed by atoms with Gasteiger partial charge in [-0.1, -0.05) is 13.3 Å².